The van der Waals surface area contributed by atoms with Gasteiger partial charge in [0.15, 0.2) is 0 Å². The third-order valence-electron chi connectivity index (χ3n) is 2.52. The number of nitrogens with zero attached hydrogens (tertiary/aromatic N) is 2. The first-order valence-electron chi connectivity index (χ1n) is 5.96. The van der Waals surface area contributed by atoms with E-state index in [1.807, 2.05) is 39.0 Å². The van der Waals surface area contributed by atoms with Crippen molar-refractivity contribution < 1.29 is 9.21 Å². The molecule has 0 aliphatic heterocycles. The summed E-state index contributed by atoms with van der Waals surface area (Å²) in [6.07, 6.45) is 3.48. The van der Waals surface area contributed by atoms with E-state index in [2.05, 4.69) is 0 Å². The van der Waals surface area contributed by atoms with E-state index in [9.17, 15) is 4.79 Å². The van der Waals surface area contributed by atoms with Gasteiger partial charge in [-0.1, -0.05) is 0 Å². The lowest BCUT2D eigenvalue weighted by Gasteiger charge is -2.24. The maximum atomic E-state index is 12.0. The lowest BCUT2D eigenvalue weighted by molar-refractivity contribution is -0.127. The summed E-state index contributed by atoms with van der Waals surface area (Å²) >= 11 is 0. The molecule has 0 aromatic carbocycles. The minimum Gasteiger partial charge on any atom is -0.462 e. The van der Waals surface area contributed by atoms with Crippen molar-refractivity contribution in [2.24, 2.45) is 0 Å². The summed E-state index contributed by atoms with van der Waals surface area (Å²) in [6.45, 7) is 6.17. The number of carbonyl (C=O) groups is 1. The number of hydrogen-bond donors (Lipinski definition) is 0. The third-order valence-corrected chi connectivity index (χ3v) is 2.52. The highest BCUT2D eigenvalue weighted by Crippen LogP contribution is 2.09. The first-order chi connectivity index (χ1) is 8.54. The van der Waals surface area contributed by atoms with Crippen molar-refractivity contribution >= 4 is 12.0 Å². The largest absolute Gasteiger partial charge is 0.462 e. The van der Waals surface area contributed by atoms with Crippen LogP contribution >= 0.6 is 0 Å². The molecule has 96 valence electrons. The Morgan fingerprint density at radius 1 is 1.56 bits per heavy atom. The van der Waals surface area contributed by atoms with E-state index in [0.29, 0.717) is 18.7 Å². The van der Waals surface area contributed by atoms with Crippen LogP contribution in [-0.4, -0.2) is 23.4 Å². The number of nitriles is 1. The van der Waals surface area contributed by atoms with Crippen LogP contribution < -0.4 is 0 Å². The van der Waals surface area contributed by atoms with Gasteiger partial charge in [0.1, 0.15) is 11.5 Å². The molecule has 1 aromatic heterocycles. The Labute approximate surface area is 107 Å². The average molecular weight is 246 g/mol. The SMILES string of the molecule is Cc1ccc(/C=C/C(=O)N(CCC#N)C(C)C)o1. The monoisotopic (exact) mass is 246 g/mol. The molecule has 0 radical (unpaired) electrons. The standard InChI is InChI=1S/C14H18N2O2/c1-11(2)16(10-4-9-15)14(17)8-7-13-6-5-12(3)18-13/h5-8,11H,4,10H2,1-3H3/b8-7+. The predicted octanol–water partition coefficient (Wildman–Crippen LogP) is 2.75. The molecule has 0 saturated heterocycles. The first-order valence-corrected chi connectivity index (χ1v) is 5.96. The van der Waals surface area contributed by atoms with Crippen molar-refractivity contribution in [1.29, 1.82) is 5.26 Å². The zero-order chi connectivity index (χ0) is 13.5. The Morgan fingerprint density at radius 3 is 2.78 bits per heavy atom. The summed E-state index contributed by atoms with van der Waals surface area (Å²) in [5, 5.41) is 8.57. The maximum Gasteiger partial charge on any atom is 0.246 e. The highest BCUT2D eigenvalue weighted by atomic mass is 16.3. The minimum atomic E-state index is -0.102. The summed E-state index contributed by atoms with van der Waals surface area (Å²) in [5.41, 5.74) is 0. The van der Waals surface area contributed by atoms with Crippen molar-refractivity contribution in [3.8, 4) is 6.07 Å². The normalized spacial score (nSPS) is 10.8. The predicted molar refractivity (Wildman–Crippen MR) is 69.6 cm³/mol. The van der Waals surface area contributed by atoms with E-state index in [1.54, 1.807) is 11.0 Å². The van der Waals surface area contributed by atoms with Gasteiger partial charge in [-0.3, -0.25) is 4.79 Å². The molecular weight excluding hydrogens is 228 g/mol. The van der Waals surface area contributed by atoms with Gasteiger partial charge >= 0.3 is 0 Å². The molecule has 0 bridgehead atoms. The molecular formula is C14H18N2O2. The molecule has 0 spiro atoms. The molecule has 1 amide bonds. The van der Waals surface area contributed by atoms with Gasteiger partial charge in [-0.05, 0) is 39.0 Å². The Hall–Kier alpha value is -2.02. The van der Waals surface area contributed by atoms with Crippen LogP contribution in [0.1, 0.15) is 31.8 Å². The highest BCUT2D eigenvalue weighted by molar-refractivity contribution is 5.91. The van der Waals surface area contributed by atoms with Crippen LogP contribution in [0.5, 0.6) is 0 Å². The van der Waals surface area contributed by atoms with Crippen LogP contribution in [-0.2, 0) is 4.79 Å². The number of rotatable bonds is 5. The second kappa shape index (κ2) is 6.65. The van der Waals surface area contributed by atoms with Gasteiger partial charge in [-0.2, -0.15) is 5.26 Å². The summed E-state index contributed by atoms with van der Waals surface area (Å²) < 4.78 is 5.35. The third kappa shape index (κ3) is 4.10. The van der Waals surface area contributed by atoms with Crippen molar-refractivity contribution in [2.75, 3.05) is 6.54 Å². The molecule has 0 unspecified atom stereocenters. The molecule has 0 N–H and O–H groups in total. The second-order valence-corrected chi connectivity index (χ2v) is 4.32. The first kappa shape index (κ1) is 14.0. The smallest absolute Gasteiger partial charge is 0.246 e. The van der Waals surface area contributed by atoms with Crippen LogP contribution in [0.15, 0.2) is 22.6 Å². The molecule has 0 fully saturated rings. The molecule has 1 rings (SSSR count). The summed E-state index contributed by atoms with van der Waals surface area (Å²) in [6, 6.07) is 5.79. The lowest BCUT2D eigenvalue weighted by Crippen LogP contribution is -2.36. The van der Waals surface area contributed by atoms with E-state index in [0.717, 1.165) is 5.76 Å². The number of amides is 1. The maximum absolute atomic E-state index is 12.0. The Kier molecular flexibility index (Phi) is 5.19. The zero-order valence-electron chi connectivity index (χ0n) is 11.0. The molecule has 0 atom stereocenters. The van der Waals surface area contributed by atoms with Crippen molar-refractivity contribution in [3.63, 3.8) is 0 Å². The van der Waals surface area contributed by atoms with Crippen molar-refractivity contribution in [1.82, 2.24) is 4.90 Å². The van der Waals surface area contributed by atoms with Gasteiger partial charge in [0, 0.05) is 18.7 Å². The van der Waals surface area contributed by atoms with E-state index < -0.39 is 0 Å². The van der Waals surface area contributed by atoms with Gasteiger partial charge in [0.05, 0.1) is 12.5 Å². The van der Waals surface area contributed by atoms with Crippen LogP contribution in [0, 0.1) is 18.3 Å². The quantitative estimate of drug-likeness (QED) is 0.750. The van der Waals surface area contributed by atoms with E-state index >= 15 is 0 Å². The van der Waals surface area contributed by atoms with Gasteiger partial charge in [0.2, 0.25) is 5.91 Å². The average Bonchev–Trinajstić information content (AvgIpc) is 2.72. The minimum absolute atomic E-state index is 0.0776. The number of aryl methyl sites for hydroxylation is 1. The van der Waals surface area contributed by atoms with Crippen molar-refractivity contribution in [3.05, 3.63) is 29.7 Å². The fourth-order valence-electron chi connectivity index (χ4n) is 1.59. The highest BCUT2D eigenvalue weighted by Gasteiger charge is 2.13. The van der Waals surface area contributed by atoms with E-state index in [-0.39, 0.29) is 11.9 Å². The zero-order valence-corrected chi connectivity index (χ0v) is 11.0. The molecule has 1 heterocycles. The summed E-state index contributed by atoms with van der Waals surface area (Å²) in [5.74, 6) is 1.37. The van der Waals surface area contributed by atoms with E-state index in [1.165, 1.54) is 6.08 Å². The molecule has 0 saturated carbocycles. The molecule has 0 aliphatic rings. The van der Waals surface area contributed by atoms with Gasteiger partial charge < -0.3 is 9.32 Å². The lowest BCUT2D eigenvalue weighted by atomic mass is 10.2. The fraction of sp³-hybridized carbons (Fsp3) is 0.429. The van der Waals surface area contributed by atoms with E-state index in [4.69, 9.17) is 9.68 Å². The van der Waals surface area contributed by atoms with Crippen LogP contribution in [0.4, 0.5) is 0 Å². The summed E-state index contributed by atoms with van der Waals surface area (Å²) in [7, 11) is 0. The Bertz CT molecular complexity index is 466. The van der Waals surface area contributed by atoms with Crippen LogP contribution in [0.25, 0.3) is 6.08 Å². The van der Waals surface area contributed by atoms with Crippen molar-refractivity contribution in [2.45, 2.75) is 33.2 Å². The van der Waals surface area contributed by atoms with Crippen LogP contribution in [0.2, 0.25) is 0 Å². The molecule has 4 nitrogen and oxygen atoms in total. The van der Waals surface area contributed by atoms with Crippen LogP contribution in [0.3, 0.4) is 0 Å². The molecule has 0 aliphatic carbocycles. The number of furan rings is 1. The Balaban J connectivity index is 2.67. The van der Waals surface area contributed by atoms with Gasteiger partial charge in [0.25, 0.3) is 0 Å². The van der Waals surface area contributed by atoms with Gasteiger partial charge in [-0.15, -0.1) is 0 Å². The topological polar surface area (TPSA) is 57.2 Å². The summed E-state index contributed by atoms with van der Waals surface area (Å²) in [4.78, 5) is 13.6. The van der Waals surface area contributed by atoms with Gasteiger partial charge in [-0.25, -0.2) is 0 Å². The fourth-order valence-corrected chi connectivity index (χ4v) is 1.59. The molecule has 1 aromatic rings. The Morgan fingerprint density at radius 2 is 2.28 bits per heavy atom. The molecule has 18 heavy (non-hydrogen) atoms. The second-order valence-electron chi connectivity index (χ2n) is 4.32. The number of hydrogen-bond acceptors (Lipinski definition) is 3. The number of carbonyl (C=O) groups excluding carboxylic acids is 1. The molecule has 4 heteroatoms.